The molecule has 0 rings (SSSR count). The van der Waals surface area contributed by atoms with Gasteiger partial charge in [0.25, 0.3) is 0 Å². The topological polar surface area (TPSA) is 80.9 Å². The van der Waals surface area contributed by atoms with Gasteiger partial charge >= 0.3 is 9.05 Å². The van der Waals surface area contributed by atoms with Crippen LogP contribution >= 0.6 is 0 Å². The zero-order valence-electron chi connectivity index (χ0n) is 2.55. The SMILES string of the molecule is O[Si](O)(O)O.[Lu]. The molecule has 0 aliphatic heterocycles. The van der Waals surface area contributed by atoms with Gasteiger partial charge in [0.2, 0.25) is 0 Å². The average molecular weight is 271 g/mol. The predicted octanol–water partition coefficient (Wildman–Crippen LogP) is -2.61. The first-order chi connectivity index (χ1) is 2.00. The normalized spacial score (nSPS) is 10.0. The van der Waals surface area contributed by atoms with Crippen LogP contribution in [0.2, 0.25) is 0 Å². The summed E-state index contributed by atoms with van der Waals surface area (Å²) < 4.78 is 0. The Morgan fingerprint density at radius 2 is 0.833 bits per heavy atom. The molecular formula is H4LuO4Si. The van der Waals surface area contributed by atoms with E-state index in [9.17, 15) is 0 Å². The van der Waals surface area contributed by atoms with Gasteiger partial charge in [0.1, 0.15) is 0 Å². The molecule has 0 heterocycles. The van der Waals surface area contributed by atoms with Gasteiger partial charge in [-0.15, -0.1) is 0 Å². The van der Waals surface area contributed by atoms with E-state index in [0.29, 0.717) is 0 Å². The minimum Gasteiger partial charge on any atom is -0.368 e. The van der Waals surface area contributed by atoms with E-state index >= 15 is 0 Å². The minimum atomic E-state index is -4.61. The van der Waals surface area contributed by atoms with Crippen molar-refractivity contribution in [1.29, 1.82) is 0 Å². The van der Waals surface area contributed by atoms with Crippen LogP contribution in [0.5, 0.6) is 0 Å². The molecule has 47 valence electrons. The molecule has 4 N–H and O–H groups in total. The molecule has 0 aliphatic rings. The van der Waals surface area contributed by atoms with Crippen LogP contribution in [0, 0.1) is 36.9 Å². The summed E-state index contributed by atoms with van der Waals surface area (Å²) in [5.74, 6) is 0. The van der Waals surface area contributed by atoms with Gasteiger partial charge in [0, 0.05) is 36.9 Å². The second-order valence-corrected chi connectivity index (χ2v) is 1.80. The van der Waals surface area contributed by atoms with Crippen LogP contribution < -0.4 is 0 Å². The van der Waals surface area contributed by atoms with Crippen molar-refractivity contribution in [2.24, 2.45) is 0 Å². The fourth-order valence-electron chi connectivity index (χ4n) is 0. The number of hydrogen-bond acceptors (Lipinski definition) is 4. The summed E-state index contributed by atoms with van der Waals surface area (Å²) in [5, 5.41) is 0. The van der Waals surface area contributed by atoms with E-state index in [-0.39, 0.29) is 36.9 Å². The van der Waals surface area contributed by atoms with Crippen LogP contribution in [0.3, 0.4) is 0 Å². The Hall–Kier alpha value is 1.29. The van der Waals surface area contributed by atoms with Crippen molar-refractivity contribution < 1.29 is 56.1 Å². The second kappa shape index (κ2) is 3.31. The van der Waals surface area contributed by atoms with Crippen molar-refractivity contribution in [2.45, 2.75) is 0 Å². The molecule has 4 nitrogen and oxygen atoms in total. The molecule has 0 fully saturated rings. The molecule has 1 radical (unpaired) electrons. The van der Waals surface area contributed by atoms with E-state index in [0.717, 1.165) is 0 Å². The monoisotopic (exact) mass is 271 g/mol. The van der Waals surface area contributed by atoms with Crippen molar-refractivity contribution in [2.75, 3.05) is 0 Å². The van der Waals surface area contributed by atoms with Gasteiger partial charge in [-0.1, -0.05) is 0 Å². The van der Waals surface area contributed by atoms with Crippen molar-refractivity contribution in [1.82, 2.24) is 0 Å². The molecule has 6 heteroatoms. The Morgan fingerprint density at radius 3 is 0.833 bits per heavy atom. The Bertz CT molecular complexity index is 23.0. The average Bonchev–Trinajstić information content (AvgIpc) is 0.722. The predicted molar refractivity (Wildman–Crippen MR) is 14.6 cm³/mol. The quantitative estimate of drug-likeness (QED) is 0.364. The molecule has 0 saturated carbocycles. The fraction of sp³-hybridized carbons (Fsp3) is 0. The largest absolute Gasteiger partial charge is 0.668 e. The zero-order valence-corrected chi connectivity index (χ0v) is 5.20. The molecule has 0 saturated heterocycles. The zero-order chi connectivity index (χ0) is 4.50. The van der Waals surface area contributed by atoms with E-state index < -0.39 is 9.05 Å². The van der Waals surface area contributed by atoms with Gasteiger partial charge in [0.15, 0.2) is 0 Å². The summed E-state index contributed by atoms with van der Waals surface area (Å²) >= 11 is 0. The molecule has 0 aromatic carbocycles. The standard InChI is InChI=1S/Lu.H4O4Si/c;1-5(2,3)4/h;1-4H. The van der Waals surface area contributed by atoms with Gasteiger partial charge < -0.3 is 19.2 Å². The Morgan fingerprint density at radius 1 is 0.833 bits per heavy atom. The third kappa shape index (κ3) is 58.5. The van der Waals surface area contributed by atoms with Crippen LogP contribution in [-0.2, 0) is 0 Å². The van der Waals surface area contributed by atoms with Crippen LogP contribution in [0.1, 0.15) is 0 Å². The van der Waals surface area contributed by atoms with E-state index in [2.05, 4.69) is 0 Å². The molecule has 0 aromatic heterocycles. The van der Waals surface area contributed by atoms with Gasteiger partial charge in [-0.05, 0) is 0 Å². The molecule has 0 atom stereocenters. The number of hydrogen-bond donors (Lipinski definition) is 4. The van der Waals surface area contributed by atoms with Gasteiger partial charge in [-0.25, -0.2) is 0 Å². The van der Waals surface area contributed by atoms with Gasteiger partial charge in [-0.2, -0.15) is 0 Å². The third-order valence-electron chi connectivity index (χ3n) is 0. The molecule has 0 aliphatic carbocycles. The summed E-state index contributed by atoms with van der Waals surface area (Å²) in [6, 6.07) is 0. The van der Waals surface area contributed by atoms with E-state index in [1.807, 2.05) is 0 Å². The summed E-state index contributed by atoms with van der Waals surface area (Å²) in [4.78, 5) is 29.3. The third-order valence-corrected chi connectivity index (χ3v) is 0. The molecule has 0 spiro atoms. The maximum absolute atomic E-state index is 7.33. The van der Waals surface area contributed by atoms with Gasteiger partial charge in [-0.3, -0.25) is 0 Å². The first-order valence-electron chi connectivity index (χ1n) is 0.894. The summed E-state index contributed by atoms with van der Waals surface area (Å²) in [6.07, 6.45) is 0. The van der Waals surface area contributed by atoms with Gasteiger partial charge in [0.05, 0.1) is 0 Å². The van der Waals surface area contributed by atoms with Crippen molar-refractivity contribution in [3.8, 4) is 0 Å². The van der Waals surface area contributed by atoms with Crippen LogP contribution in [0.25, 0.3) is 0 Å². The summed E-state index contributed by atoms with van der Waals surface area (Å²) in [5.41, 5.74) is 0. The second-order valence-electron chi connectivity index (χ2n) is 0.600. The molecule has 0 unspecified atom stereocenters. The van der Waals surface area contributed by atoms with Crippen LogP contribution in [-0.4, -0.2) is 28.2 Å². The number of rotatable bonds is 0. The van der Waals surface area contributed by atoms with E-state index in [1.165, 1.54) is 0 Å². The van der Waals surface area contributed by atoms with Crippen LogP contribution in [0.15, 0.2) is 0 Å². The van der Waals surface area contributed by atoms with E-state index in [4.69, 9.17) is 19.2 Å². The van der Waals surface area contributed by atoms with E-state index in [1.54, 1.807) is 0 Å². The first kappa shape index (κ1) is 10.3. The fourth-order valence-corrected chi connectivity index (χ4v) is 0. The van der Waals surface area contributed by atoms with Crippen LogP contribution in [0.4, 0.5) is 0 Å². The smallest absolute Gasteiger partial charge is 0.368 e. The summed E-state index contributed by atoms with van der Waals surface area (Å²) in [7, 11) is -4.61. The minimum absolute atomic E-state index is 0. The molecule has 0 aromatic rings. The maximum Gasteiger partial charge on any atom is 0.668 e. The summed E-state index contributed by atoms with van der Waals surface area (Å²) in [6.45, 7) is 0. The maximum atomic E-state index is 7.33. The molecule has 0 bridgehead atoms. The Kier molecular flexibility index (Phi) is 5.69. The van der Waals surface area contributed by atoms with Crippen molar-refractivity contribution >= 4 is 9.05 Å². The van der Waals surface area contributed by atoms with Crippen molar-refractivity contribution in [3.05, 3.63) is 0 Å². The van der Waals surface area contributed by atoms with Crippen molar-refractivity contribution in [3.63, 3.8) is 0 Å². The molecule has 6 heavy (non-hydrogen) atoms. The Balaban J connectivity index is 0. The molecular weight excluding hydrogens is 267 g/mol. The Labute approximate surface area is 64.7 Å². The first-order valence-corrected chi connectivity index (χ1v) is 2.68. The molecule has 0 amide bonds.